The maximum atomic E-state index is 10.7. The maximum absolute atomic E-state index is 10.7. The molecule has 0 saturated carbocycles. The van der Waals surface area contributed by atoms with Gasteiger partial charge in [0.1, 0.15) is 0 Å². The SMILES string of the molecule is CCCCCCCCc1cccc(C(=O)[O-])c1. The van der Waals surface area contributed by atoms with Crippen molar-refractivity contribution in [3.05, 3.63) is 35.4 Å². The first-order valence-corrected chi connectivity index (χ1v) is 6.54. The van der Waals surface area contributed by atoms with Gasteiger partial charge in [-0.1, -0.05) is 57.2 Å². The molecule has 0 aliphatic heterocycles. The van der Waals surface area contributed by atoms with E-state index in [-0.39, 0.29) is 5.56 Å². The molecule has 1 aromatic carbocycles. The fourth-order valence-electron chi connectivity index (χ4n) is 1.96. The number of unbranched alkanes of at least 4 members (excludes halogenated alkanes) is 5. The highest BCUT2D eigenvalue weighted by molar-refractivity contribution is 5.85. The Morgan fingerprint density at radius 3 is 2.53 bits per heavy atom. The van der Waals surface area contributed by atoms with Gasteiger partial charge in [0.25, 0.3) is 0 Å². The van der Waals surface area contributed by atoms with Gasteiger partial charge in [-0.2, -0.15) is 0 Å². The number of carboxylic acids is 1. The summed E-state index contributed by atoms with van der Waals surface area (Å²) in [6.07, 6.45) is 8.53. The molecule has 17 heavy (non-hydrogen) atoms. The van der Waals surface area contributed by atoms with Gasteiger partial charge in [0.2, 0.25) is 0 Å². The van der Waals surface area contributed by atoms with Crippen molar-refractivity contribution in [1.82, 2.24) is 0 Å². The fraction of sp³-hybridized carbons (Fsp3) is 0.533. The Labute approximate surface area is 104 Å². The van der Waals surface area contributed by atoms with Crippen molar-refractivity contribution in [3.63, 3.8) is 0 Å². The maximum Gasteiger partial charge on any atom is 0.0715 e. The summed E-state index contributed by atoms with van der Waals surface area (Å²) in [6.45, 7) is 2.21. The summed E-state index contributed by atoms with van der Waals surface area (Å²) >= 11 is 0. The molecule has 0 atom stereocenters. The van der Waals surface area contributed by atoms with Gasteiger partial charge < -0.3 is 9.90 Å². The van der Waals surface area contributed by atoms with Gasteiger partial charge in [-0.05, 0) is 30.0 Å². The third-order valence-electron chi connectivity index (χ3n) is 2.98. The van der Waals surface area contributed by atoms with Crippen LogP contribution in [0.1, 0.15) is 61.4 Å². The predicted molar refractivity (Wildman–Crippen MR) is 67.9 cm³/mol. The predicted octanol–water partition coefficient (Wildman–Crippen LogP) is 2.95. The van der Waals surface area contributed by atoms with Gasteiger partial charge >= 0.3 is 0 Å². The van der Waals surface area contributed by atoms with Crippen molar-refractivity contribution in [2.75, 3.05) is 0 Å². The van der Waals surface area contributed by atoms with Crippen LogP contribution in [0.4, 0.5) is 0 Å². The molecule has 0 aromatic heterocycles. The largest absolute Gasteiger partial charge is 0.545 e. The highest BCUT2D eigenvalue weighted by atomic mass is 16.4. The van der Waals surface area contributed by atoms with Crippen molar-refractivity contribution >= 4 is 5.97 Å². The Hall–Kier alpha value is -1.31. The minimum Gasteiger partial charge on any atom is -0.545 e. The van der Waals surface area contributed by atoms with Crippen LogP contribution in [0.25, 0.3) is 0 Å². The third-order valence-corrected chi connectivity index (χ3v) is 2.98. The number of carboxylic acid groups (broad SMARTS) is 1. The zero-order valence-corrected chi connectivity index (χ0v) is 10.6. The van der Waals surface area contributed by atoms with Crippen LogP contribution >= 0.6 is 0 Å². The second-order valence-corrected chi connectivity index (χ2v) is 4.51. The second-order valence-electron chi connectivity index (χ2n) is 4.51. The van der Waals surface area contributed by atoms with Gasteiger partial charge in [-0.15, -0.1) is 0 Å². The van der Waals surface area contributed by atoms with Crippen LogP contribution in [0.15, 0.2) is 24.3 Å². The van der Waals surface area contributed by atoms with Gasteiger partial charge in [0, 0.05) is 0 Å². The van der Waals surface area contributed by atoms with E-state index in [1.165, 1.54) is 32.1 Å². The monoisotopic (exact) mass is 233 g/mol. The summed E-state index contributed by atoms with van der Waals surface area (Å²) in [7, 11) is 0. The summed E-state index contributed by atoms with van der Waals surface area (Å²) in [4.78, 5) is 10.7. The molecule has 1 aromatic rings. The van der Waals surface area contributed by atoms with E-state index in [4.69, 9.17) is 0 Å². The van der Waals surface area contributed by atoms with Crippen LogP contribution in [0.3, 0.4) is 0 Å². The topological polar surface area (TPSA) is 40.1 Å². The molecule has 0 amide bonds. The summed E-state index contributed by atoms with van der Waals surface area (Å²) in [5.74, 6) is -1.09. The molecule has 0 fully saturated rings. The van der Waals surface area contributed by atoms with Gasteiger partial charge in [0.05, 0.1) is 5.97 Å². The zero-order valence-electron chi connectivity index (χ0n) is 10.6. The standard InChI is InChI=1S/C15H22O2/c1-2-3-4-5-6-7-9-13-10-8-11-14(12-13)15(16)17/h8,10-12H,2-7,9H2,1H3,(H,16,17)/p-1. The Bertz CT molecular complexity index is 345. The highest BCUT2D eigenvalue weighted by Crippen LogP contribution is 2.11. The van der Waals surface area contributed by atoms with E-state index in [0.29, 0.717) is 0 Å². The number of aryl methyl sites for hydroxylation is 1. The number of hydrogen-bond acceptors (Lipinski definition) is 2. The molecule has 0 bridgehead atoms. The van der Waals surface area contributed by atoms with Crippen LogP contribution in [0.5, 0.6) is 0 Å². The van der Waals surface area contributed by atoms with E-state index >= 15 is 0 Å². The van der Waals surface area contributed by atoms with Crippen LogP contribution in [-0.4, -0.2) is 5.97 Å². The molecule has 0 radical (unpaired) electrons. The number of benzene rings is 1. The van der Waals surface area contributed by atoms with E-state index in [0.717, 1.165) is 18.4 Å². The minimum atomic E-state index is -1.09. The van der Waals surface area contributed by atoms with E-state index in [1.807, 2.05) is 6.07 Å². The lowest BCUT2D eigenvalue weighted by molar-refractivity contribution is -0.255. The molecule has 1 rings (SSSR count). The average Bonchev–Trinajstić information content (AvgIpc) is 2.34. The number of aromatic carboxylic acids is 1. The van der Waals surface area contributed by atoms with Crippen molar-refractivity contribution in [1.29, 1.82) is 0 Å². The van der Waals surface area contributed by atoms with Crippen LogP contribution in [-0.2, 0) is 6.42 Å². The van der Waals surface area contributed by atoms with E-state index < -0.39 is 5.97 Å². The quantitative estimate of drug-likeness (QED) is 0.648. The van der Waals surface area contributed by atoms with Gasteiger partial charge in [0.15, 0.2) is 0 Å². The Balaban J connectivity index is 2.27. The van der Waals surface area contributed by atoms with Gasteiger partial charge in [-0.3, -0.25) is 0 Å². The third kappa shape index (κ3) is 5.53. The fourth-order valence-corrected chi connectivity index (χ4v) is 1.96. The van der Waals surface area contributed by atoms with E-state index in [2.05, 4.69) is 6.92 Å². The zero-order chi connectivity index (χ0) is 12.5. The minimum absolute atomic E-state index is 0.286. The summed E-state index contributed by atoms with van der Waals surface area (Å²) in [5, 5.41) is 10.7. The molecule has 0 unspecified atom stereocenters. The van der Waals surface area contributed by atoms with Crippen LogP contribution in [0, 0.1) is 0 Å². The first-order chi connectivity index (χ1) is 8.24. The van der Waals surface area contributed by atoms with Crippen LogP contribution < -0.4 is 5.11 Å². The first kappa shape index (κ1) is 13.8. The first-order valence-electron chi connectivity index (χ1n) is 6.54. The molecular formula is C15H21O2-. The van der Waals surface area contributed by atoms with E-state index in [1.54, 1.807) is 18.2 Å². The molecule has 0 spiro atoms. The van der Waals surface area contributed by atoms with Crippen molar-refractivity contribution in [2.24, 2.45) is 0 Å². The number of rotatable bonds is 8. The number of hydrogen-bond donors (Lipinski definition) is 0. The number of carbonyl (C=O) groups excluding carboxylic acids is 1. The van der Waals surface area contributed by atoms with Gasteiger partial charge in [-0.25, -0.2) is 0 Å². The molecule has 0 N–H and O–H groups in total. The van der Waals surface area contributed by atoms with Crippen molar-refractivity contribution in [2.45, 2.75) is 51.9 Å². The Morgan fingerprint density at radius 2 is 1.82 bits per heavy atom. The lowest BCUT2D eigenvalue weighted by Crippen LogP contribution is -2.22. The normalized spacial score (nSPS) is 10.4. The Kier molecular flexibility index (Phi) is 6.38. The molecule has 0 heterocycles. The Morgan fingerprint density at radius 1 is 1.12 bits per heavy atom. The number of carbonyl (C=O) groups is 1. The van der Waals surface area contributed by atoms with E-state index in [9.17, 15) is 9.90 Å². The summed E-state index contributed by atoms with van der Waals surface area (Å²) in [5.41, 5.74) is 1.38. The highest BCUT2D eigenvalue weighted by Gasteiger charge is 1.97. The molecular weight excluding hydrogens is 212 g/mol. The summed E-state index contributed by atoms with van der Waals surface area (Å²) in [6, 6.07) is 7.08. The molecule has 0 saturated heterocycles. The smallest absolute Gasteiger partial charge is 0.0715 e. The molecule has 2 heteroatoms. The van der Waals surface area contributed by atoms with Crippen LogP contribution in [0.2, 0.25) is 0 Å². The molecule has 94 valence electrons. The molecule has 0 aliphatic carbocycles. The molecule has 2 nitrogen and oxygen atoms in total. The van der Waals surface area contributed by atoms with Crippen molar-refractivity contribution < 1.29 is 9.90 Å². The average molecular weight is 233 g/mol. The molecule has 0 aliphatic rings. The second kappa shape index (κ2) is 7.88. The lowest BCUT2D eigenvalue weighted by Gasteiger charge is -2.06. The summed E-state index contributed by atoms with van der Waals surface area (Å²) < 4.78 is 0. The van der Waals surface area contributed by atoms with Crippen molar-refractivity contribution in [3.8, 4) is 0 Å². The lowest BCUT2D eigenvalue weighted by atomic mass is 10.0.